The Balaban J connectivity index is 1.81. The van der Waals surface area contributed by atoms with Crippen molar-refractivity contribution in [3.63, 3.8) is 0 Å². The summed E-state index contributed by atoms with van der Waals surface area (Å²) in [5, 5.41) is 21.0. The van der Waals surface area contributed by atoms with Gasteiger partial charge in [0.15, 0.2) is 6.17 Å². The minimum atomic E-state index is -1.60. The number of piperidine rings is 1. The number of carbonyl (C=O) groups excluding carboxylic acids is 1. The van der Waals surface area contributed by atoms with E-state index in [4.69, 9.17) is 5.26 Å². The van der Waals surface area contributed by atoms with Crippen molar-refractivity contribution in [3.8, 4) is 12.1 Å². The molecular formula is C20H18F2N5O3+. The zero-order valence-corrected chi connectivity index (χ0v) is 16.0. The van der Waals surface area contributed by atoms with Gasteiger partial charge in [0.25, 0.3) is 11.6 Å². The second-order valence-corrected chi connectivity index (χ2v) is 7.31. The summed E-state index contributed by atoms with van der Waals surface area (Å²) >= 11 is 0. The SMILES string of the molecule is CC(NC(=O)Cc1c(C#N)c2cc(F)ccc2[nH]c1=O)C1C(F)CC(C#N)C[N+]1=O. The first kappa shape index (κ1) is 21.1. The molecule has 3 rings (SSSR count). The average molecular weight is 414 g/mol. The minimum absolute atomic E-state index is 0.103. The van der Waals surface area contributed by atoms with Crippen molar-refractivity contribution >= 4 is 16.8 Å². The maximum absolute atomic E-state index is 14.4. The molecule has 0 saturated carbocycles. The summed E-state index contributed by atoms with van der Waals surface area (Å²) < 4.78 is 28.4. The molecule has 1 aliphatic rings. The Labute approximate surface area is 169 Å². The zero-order chi connectivity index (χ0) is 22.0. The summed E-state index contributed by atoms with van der Waals surface area (Å²) in [7, 11) is 0. The lowest BCUT2D eigenvalue weighted by Crippen LogP contribution is -2.55. The lowest BCUT2D eigenvalue weighted by atomic mass is 9.90. The number of aromatic amines is 1. The third-order valence-corrected chi connectivity index (χ3v) is 5.22. The summed E-state index contributed by atoms with van der Waals surface area (Å²) in [4.78, 5) is 39.5. The number of fused-ring (bicyclic) bond motifs is 1. The van der Waals surface area contributed by atoms with Gasteiger partial charge in [0.2, 0.25) is 12.5 Å². The molecule has 1 amide bonds. The van der Waals surface area contributed by atoms with Crippen LogP contribution in [-0.4, -0.2) is 40.5 Å². The molecule has 2 N–H and O–H groups in total. The highest BCUT2D eigenvalue weighted by Gasteiger charge is 2.47. The van der Waals surface area contributed by atoms with E-state index < -0.39 is 47.9 Å². The number of hydrogen-bond acceptors (Lipinski definition) is 5. The van der Waals surface area contributed by atoms with Gasteiger partial charge in [0, 0.05) is 32.6 Å². The van der Waals surface area contributed by atoms with Gasteiger partial charge >= 0.3 is 0 Å². The number of carbonyl (C=O) groups is 1. The van der Waals surface area contributed by atoms with Crippen molar-refractivity contribution in [1.82, 2.24) is 10.3 Å². The fourth-order valence-corrected chi connectivity index (χ4v) is 3.81. The zero-order valence-electron chi connectivity index (χ0n) is 16.0. The van der Waals surface area contributed by atoms with Crippen LogP contribution in [0.4, 0.5) is 8.78 Å². The molecule has 0 bridgehead atoms. The number of H-pyrrole nitrogens is 1. The standard InChI is InChI=1S/C20H17F2N5O3/c1-10(19-16(22)4-11(7-23)9-27(19)30)25-18(28)6-14-15(8-24)13-5-12(21)2-3-17(13)26-20(14)29/h2-3,5,10-11,16,19H,4,6,9H2,1H3,(H-,25,26,28,29)/p+1. The number of nitrogens with zero attached hydrogens (tertiary/aromatic N) is 3. The number of alkyl halides is 1. The molecule has 154 valence electrons. The highest BCUT2D eigenvalue weighted by Crippen LogP contribution is 2.24. The van der Waals surface area contributed by atoms with E-state index in [0.29, 0.717) is 4.76 Å². The van der Waals surface area contributed by atoms with Gasteiger partial charge in [0.1, 0.15) is 17.8 Å². The number of pyridine rings is 1. The van der Waals surface area contributed by atoms with E-state index in [-0.39, 0.29) is 35.0 Å². The van der Waals surface area contributed by atoms with Crippen LogP contribution in [0.5, 0.6) is 0 Å². The Morgan fingerprint density at radius 1 is 1.43 bits per heavy atom. The van der Waals surface area contributed by atoms with Gasteiger partial charge < -0.3 is 10.3 Å². The Bertz CT molecular complexity index is 1160. The predicted octanol–water partition coefficient (Wildman–Crippen LogP) is 1.62. The number of nitrogens with one attached hydrogen (secondary N) is 2. The van der Waals surface area contributed by atoms with Crippen LogP contribution in [-0.2, 0) is 11.2 Å². The van der Waals surface area contributed by atoms with Gasteiger partial charge in [-0.05, 0) is 25.1 Å². The molecule has 0 spiro atoms. The number of amides is 1. The van der Waals surface area contributed by atoms with E-state index in [1.807, 2.05) is 12.1 Å². The fourth-order valence-electron chi connectivity index (χ4n) is 3.81. The molecule has 10 heteroatoms. The van der Waals surface area contributed by atoms with Crippen molar-refractivity contribution < 1.29 is 18.3 Å². The number of aromatic nitrogens is 1. The summed E-state index contributed by atoms with van der Waals surface area (Å²) in [6, 6.07) is 5.19. The number of nitroso groups, excluding NO2 is 1. The first-order valence-electron chi connectivity index (χ1n) is 9.26. The molecule has 1 saturated heterocycles. The number of benzene rings is 1. The highest BCUT2D eigenvalue weighted by atomic mass is 19.1. The molecule has 4 unspecified atom stereocenters. The van der Waals surface area contributed by atoms with Gasteiger partial charge in [-0.2, -0.15) is 10.5 Å². The van der Waals surface area contributed by atoms with Crippen molar-refractivity contribution in [1.29, 1.82) is 10.5 Å². The predicted molar refractivity (Wildman–Crippen MR) is 101 cm³/mol. The molecule has 30 heavy (non-hydrogen) atoms. The van der Waals surface area contributed by atoms with Crippen molar-refractivity contribution in [2.24, 2.45) is 5.92 Å². The normalized spacial score (nSPS) is 22.2. The Kier molecular flexibility index (Phi) is 5.88. The molecular weight excluding hydrogens is 396 g/mol. The van der Waals surface area contributed by atoms with Crippen LogP contribution in [0.3, 0.4) is 0 Å². The van der Waals surface area contributed by atoms with Crippen LogP contribution in [0.25, 0.3) is 10.9 Å². The van der Waals surface area contributed by atoms with E-state index in [1.165, 1.54) is 13.0 Å². The van der Waals surface area contributed by atoms with Gasteiger partial charge in [0.05, 0.1) is 24.1 Å². The molecule has 1 aromatic carbocycles. The molecule has 1 fully saturated rings. The highest BCUT2D eigenvalue weighted by molar-refractivity contribution is 5.88. The summed E-state index contributed by atoms with van der Waals surface area (Å²) in [6.45, 7) is 1.30. The molecule has 2 aromatic rings. The van der Waals surface area contributed by atoms with Crippen LogP contribution in [0.2, 0.25) is 0 Å². The fraction of sp³-hybridized carbons (Fsp3) is 0.400. The summed E-state index contributed by atoms with van der Waals surface area (Å²) in [5.41, 5.74) is -0.688. The first-order chi connectivity index (χ1) is 14.2. The maximum atomic E-state index is 14.4. The lowest BCUT2D eigenvalue weighted by Gasteiger charge is -2.26. The molecule has 1 aliphatic heterocycles. The molecule has 8 nitrogen and oxygen atoms in total. The van der Waals surface area contributed by atoms with Crippen LogP contribution in [0.1, 0.15) is 24.5 Å². The molecule has 0 aliphatic carbocycles. The third kappa shape index (κ3) is 4.03. The second-order valence-electron chi connectivity index (χ2n) is 7.31. The van der Waals surface area contributed by atoms with E-state index >= 15 is 0 Å². The molecule has 2 heterocycles. The Morgan fingerprint density at radius 3 is 2.80 bits per heavy atom. The minimum Gasteiger partial charge on any atom is -0.346 e. The van der Waals surface area contributed by atoms with Gasteiger partial charge in [-0.25, -0.2) is 8.78 Å². The maximum Gasteiger partial charge on any atom is 0.253 e. The van der Waals surface area contributed by atoms with Crippen LogP contribution >= 0.6 is 0 Å². The number of rotatable bonds is 4. The average Bonchev–Trinajstić information content (AvgIpc) is 2.68. The van der Waals surface area contributed by atoms with Crippen LogP contribution < -0.4 is 10.9 Å². The summed E-state index contributed by atoms with van der Waals surface area (Å²) in [5.74, 6) is -2.01. The van der Waals surface area contributed by atoms with Gasteiger partial charge in [-0.15, -0.1) is 0 Å². The lowest BCUT2D eigenvalue weighted by molar-refractivity contribution is -0.610. The van der Waals surface area contributed by atoms with Crippen LogP contribution in [0, 0.1) is 39.3 Å². The molecule has 1 aromatic heterocycles. The van der Waals surface area contributed by atoms with E-state index in [2.05, 4.69) is 10.3 Å². The monoisotopic (exact) mass is 414 g/mol. The molecule has 4 atom stereocenters. The number of halogens is 2. The Hall–Kier alpha value is -3.66. The van der Waals surface area contributed by atoms with E-state index in [0.717, 1.165) is 12.1 Å². The van der Waals surface area contributed by atoms with Crippen molar-refractivity contribution in [2.45, 2.75) is 38.0 Å². The quantitative estimate of drug-likeness (QED) is 0.735. The van der Waals surface area contributed by atoms with E-state index in [9.17, 15) is 28.5 Å². The smallest absolute Gasteiger partial charge is 0.253 e. The largest absolute Gasteiger partial charge is 0.346 e. The second kappa shape index (κ2) is 8.37. The Morgan fingerprint density at radius 2 is 2.17 bits per heavy atom. The number of hydrogen-bond donors (Lipinski definition) is 2. The third-order valence-electron chi connectivity index (χ3n) is 5.22. The van der Waals surface area contributed by atoms with Crippen molar-refractivity contribution in [3.05, 3.63) is 50.4 Å². The summed E-state index contributed by atoms with van der Waals surface area (Å²) in [6.07, 6.45) is -2.20. The van der Waals surface area contributed by atoms with Crippen LogP contribution in [0.15, 0.2) is 23.0 Å². The first-order valence-corrected chi connectivity index (χ1v) is 9.26. The van der Waals surface area contributed by atoms with E-state index in [1.54, 1.807) is 0 Å². The topological polar surface area (TPSA) is 130 Å². The number of nitriles is 2. The van der Waals surface area contributed by atoms with Gasteiger partial charge in [-0.3, -0.25) is 9.59 Å². The van der Waals surface area contributed by atoms with Gasteiger partial charge in [-0.1, -0.05) is 0 Å². The molecule has 0 radical (unpaired) electrons. The van der Waals surface area contributed by atoms with Crippen molar-refractivity contribution in [2.75, 3.05) is 6.54 Å².